The Morgan fingerprint density at radius 2 is 2.00 bits per heavy atom. The molecule has 4 nitrogen and oxygen atoms in total. The molecule has 0 heterocycles. The Morgan fingerprint density at radius 3 is 2.56 bits per heavy atom. The Balaban J connectivity index is 0.00000261. The summed E-state index contributed by atoms with van der Waals surface area (Å²) in [4.78, 5) is 4.77. The van der Waals surface area contributed by atoms with E-state index in [1.807, 2.05) is 6.92 Å². The van der Waals surface area contributed by atoms with Crippen LogP contribution >= 0.6 is 24.0 Å². The highest BCUT2D eigenvalue weighted by atomic mass is 127. The number of rotatable bonds is 8. The molecule has 152 valence electrons. The zero-order chi connectivity index (χ0) is 18.6. The largest absolute Gasteiger partial charge is 0.385 e. The minimum absolute atomic E-state index is 0. The van der Waals surface area contributed by atoms with Crippen LogP contribution in [0.5, 0.6) is 0 Å². The Morgan fingerprint density at radius 1 is 1.30 bits per heavy atom. The molecule has 2 fully saturated rings. The van der Waals surface area contributed by atoms with E-state index in [0.717, 1.165) is 38.5 Å². The van der Waals surface area contributed by atoms with E-state index in [0.29, 0.717) is 0 Å². The van der Waals surface area contributed by atoms with E-state index in [9.17, 15) is 8.78 Å². The molecular weight excluding hydrogens is 463 g/mol. The minimum Gasteiger partial charge on any atom is -0.385 e. The van der Waals surface area contributed by atoms with Gasteiger partial charge in [-0.05, 0) is 50.2 Å². The lowest BCUT2D eigenvalue weighted by Gasteiger charge is -2.40. The maximum Gasteiger partial charge on any atom is 0.191 e. The quantitative estimate of drug-likeness (QED) is 0.324. The van der Waals surface area contributed by atoms with Crippen molar-refractivity contribution in [1.82, 2.24) is 10.6 Å². The topological polar surface area (TPSA) is 45.7 Å². The lowest BCUT2D eigenvalue weighted by atomic mass is 9.67. The standard InChI is InChI=1S/C20H29F2N3O.HI/c1-3-23-19(24-13-20(8-5-9-20)10-11-26-2)25-17-12-14(17)18-15(21)6-4-7-16(18)22;/h4,6-7,14,17H,3,5,8-13H2,1-2H3,(H2,23,24,25);1H. The van der Waals surface area contributed by atoms with Crippen LogP contribution in [0, 0.1) is 17.0 Å². The van der Waals surface area contributed by atoms with Crippen LogP contribution in [0.4, 0.5) is 8.78 Å². The van der Waals surface area contributed by atoms with Crippen molar-refractivity contribution in [2.24, 2.45) is 10.4 Å². The molecule has 2 aliphatic carbocycles. The summed E-state index contributed by atoms with van der Waals surface area (Å²) in [6, 6.07) is 4.07. The van der Waals surface area contributed by atoms with E-state index in [2.05, 4.69) is 10.6 Å². The zero-order valence-corrected chi connectivity index (χ0v) is 18.4. The fourth-order valence-corrected chi connectivity index (χ4v) is 3.76. The smallest absolute Gasteiger partial charge is 0.191 e. The Kier molecular flexibility index (Phi) is 8.27. The monoisotopic (exact) mass is 493 g/mol. The predicted molar refractivity (Wildman–Crippen MR) is 115 cm³/mol. The fourth-order valence-electron chi connectivity index (χ4n) is 3.76. The van der Waals surface area contributed by atoms with Gasteiger partial charge in [0.1, 0.15) is 11.6 Å². The Labute approximate surface area is 177 Å². The number of aliphatic imine (C=N–C) groups is 1. The SMILES string of the molecule is CCNC(=NCC1(CCOC)CCC1)NC1CC1c1c(F)cccc1F.I. The number of ether oxygens (including phenoxy) is 1. The summed E-state index contributed by atoms with van der Waals surface area (Å²) in [5.41, 5.74) is 0.440. The van der Waals surface area contributed by atoms with Crippen LogP contribution < -0.4 is 10.6 Å². The predicted octanol–water partition coefficient (Wildman–Crippen LogP) is 4.20. The first-order chi connectivity index (χ1) is 12.6. The molecule has 2 aliphatic rings. The summed E-state index contributed by atoms with van der Waals surface area (Å²) in [6.07, 6.45) is 5.37. The van der Waals surface area contributed by atoms with E-state index >= 15 is 0 Å². The van der Waals surface area contributed by atoms with Crippen LogP contribution in [0.2, 0.25) is 0 Å². The summed E-state index contributed by atoms with van der Waals surface area (Å²) < 4.78 is 33.1. The van der Waals surface area contributed by atoms with Crippen LogP contribution in [0.25, 0.3) is 0 Å². The van der Waals surface area contributed by atoms with Crippen molar-refractivity contribution in [3.8, 4) is 0 Å². The van der Waals surface area contributed by atoms with Crippen LogP contribution in [-0.2, 0) is 4.74 Å². The molecule has 3 rings (SSSR count). The molecule has 0 amide bonds. The van der Waals surface area contributed by atoms with Gasteiger partial charge in [-0.2, -0.15) is 0 Å². The first-order valence-electron chi connectivity index (χ1n) is 9.56. The summed E-state index contributed by atoms with van der Waals surface area (Å²) >= 11 is 0. The van der Waals surface area contributed by atoms with Crippen LogP contribution in [0.15, 0.2) is 23.2 Å². The zero-order valence-electron chi connectivity index (χ0n) is 16.1. The van der Waals surface area contributed by atoms with Crippen LogP contribution in [-0.4, -0.2) is 38.8 Å². The maximum absolute atomic E-state index is 14.0. The molecule has 2 unspecified atom stereocenters. The molecule has 7 heteroatoms. The van der Waals surface area contributed by atoms with Gasteiger partial charge < -0.3 is 15.4 Å². The molecule has 0 radical (unpaired) electrons. The van der Waals surface area contributed by atoms with Gasteiger partial charge >= 0.3 is 0 Å². The van der Waals surface area contributed by atoms with Gasteiger partial charge in [0.05, 0.1) is 0 Å². The van der Waals surface area contributed by atoms with Crippen molar-refractivity contribution in [3.05, 3.63) is 35.4 Å². The molecule has 0 spiro atoms. The lowest BCUT2D eigenvalue weighted by molar-refractivity contribution is 0.0778. The summed E-state index contributed by atoms with van der Waals surface area (Å²) in [7, 11) is 1.73. The minimum atomic E-state index is -0.464. The molecule has 27 heavy (non-hydrogen) atoms. The highest BCUT2D eigenvalue weighted by Gasteiger charge is 2.42. The molecule has 1 aromatic carbocycles. The number of hydrogen-bond acceptors (Lipinski definition) is 2. The first kappa shape index (κ1) is 22.3. The van der Waals surface area contributed by atoms with Crippen LogP contribution in [0.1, 0.15) is 50.5 Å². The summed E-state index contributed by atoms with van der Waals surface area (Å²) in [5, 5.41) is 6.60. The van der Waals surface area contributed by atoms with Gasteiger partial charge in [0.25, 0.3) is 0 Å². The molecule has 2 saturated carbocycles. The summed E-state index contributed by atoms with van der Waals surface area (Å²) in [6.45, 7) is 4.29. The highest BCUT2D eigenvalue weighted by molar-refractivity contribution is 14.0. The van der Waals surface area contributed by atoms with Crippen molar-refractivity contribution in [1.29, 1.82) is 0 Å². The van der Waals surface area contributed by atoms with Gasteiger partial charge in [-0.15, -0.1) is 24.0 Å². The van der Waals surface area contributed by atoms with E-state index in [-0.39, 0.29) is 46.9 Å². The van der Waals surface area contributed by atoms with E-state index in [1.165, 1.54) is 37.5 Å². The molecule has 0 saturated heterocycles. The number of hydrogen-bond donors (Lipinski definition) is 2. The van der Waals surface area contributed by atoms with E-state index in [4.69, 9.17) is 9.73 Å². The average Bonchev–Trinajstić information content (AvgIpc) is 3.32. The molecule has 0 aliphatic heterocycles. The number of halogens is 3. The van der Waals surface area contributed by atoms with Crippen molar-refractivity contribution >= 4 is 29.9 Å². The van der Waals surface area contributed by atoms with Gasteiger partial charge in [-0.3, -0.25) is 4.99 Å². The number of guanidine groups is 1. The van der Waals surface area contributed by atoms with Gasteiger partial charge in [0.2, 0.25) is 0 Å². The molecular formula is C20H30F2IN3O. The van der Waals surface area contributed by atoms with Crippen LogP contribution in [0.3, 0.4) is 0 Å². The fraction of sp³-hybridized carbons (Fsp3) is 0.650. The van der Waals surface area contributed by atoms with E-state index < -0.39 is 11.6 Å². The molecule has 0 aromatic heterocycles. The van der Waals surface area contributed by atoms with Crippen molar-refractivity contribution in [2.75, 3.05) is 26.8 Å². The van der Waals surface area contributed by atoms with E-state index in [1.54, 1.807) is 7.11 Å². The Bertz CT molecular complexity index is 632. The molecule has 0 bridgehead atoms. The third-order valence-corrected chi connectivity index (χ3v) is 5.65. The van der Waals surface area contributed by atoms with Gasteiger partial charge in [0, 0.05) is 44.3 Å². The third-order valence-electron chi connectivity index (χ3n) is 5.65. The molecule has 2 N–H and O–H groups in total. The van der Waals surface area contributed by atoms with Gasteiger partial charge in [0.15, 0.2) is 5.96 Å². The second kappa shape index (κ2) is 10.0. The van der Waals surface area contributed by atoms with Gasteiger partial charge in [-0.1, -0.05) is 12.5 Å². The third kappa shape index (κ3) is 5.53. The number of nitrogens with zero attached hydrogens (tertiary/aromatic N) is 1. The molecule has 1 aromatic rings. The Hall–Kier alpha value is -0.960. The summed E-state index contributed by atoms with van der Waals surface area (Å²) in [5.74, 6) is -0.324. The van der Waals surface area contributed by atoms with Crippen molar-refractivity contribution in [3.63, 3.8) is 0 Å². The second-order valence-electron chi connectivity index (χ2n) is 7.52. The normalized spacial score (nSPS) is 23.2. The number of methoxy groups -OCH3 is 1. The van der Waals surface area contributed by atoms with Crippen molar-refractivity contribution < 1.29 is 13.5 Å². The number of benzene rings is 1. The number of nitrogens with one attached hydrogen (secondary N) is 2. The second-order valence-corrected chi connectivity index (χ2v) is 7.52. The van der Waals surface area contributed by atoms with Gasteiger partial charge in [-0.25, -0.2) is 8.78 Å². The highest BCUT2D eigenvalue weighted by Crippen LogP contribution is 2.45. The maximum atomic E-state index is 14.0. The molecule has 2 atom stereocenters. The first-order valence-corrected chi connectivity index (χ1v) is 9.56. The van der Waals surface area contributed by atoms with Crippen molar-refractivity contribution in [2.45, 2.75) is 51.0 Å². The lowest BCUT2D eigenvalue weighted by Crippen LogP contribution is -2.41. The average molecular weight is 493 g/mol.